The van der Waals surface area contributed by atoms with Gasteiger partial charge in [-0.15, -0.1) is 0 Å². The fraction of sp³-hybridized carbons (Fsp3) is 0.355. The second-order valence-electron chi connectivity index (χ2n) is 11.7. The van der Waals surface area contributed by atoms with E-state index in [2.05, 4.69) is 20.3 Å². The molecular formula is C31H33F2N5O4S. The number of piperidine rings is 1. The SMILES string of the molecule is CC(C)(C)OC(=O)N1C[C@@H](F)C[C@H](Nc2ncc3cc(-c4ccc(CS(=O)(=O)Cc5ccccc5)c(F)c4)cnc3n2)C1. The number of likely N-dealkylation sites (tertiary alicyclic amines) is 1. The molecule has 0 unspecified atom stereocenters. The molecule has 1 N–H and O–H groups in total. The summed E-state index contributed by atoms with van der Waals surface area (Å²) in [6, 6.07) is 14.5. The molecule has 3 heterocycles. The maximum atomic E-state index is 15.0. The summed E-state index contributed by atoms with van der Waals surface area (Å²) >= 11 is 0. The summed E-state index contributed by atoms with van der Waals surface area (Å²) in [5.74, 6) is -0.961. The monoisotopic (exact) mass is 609 g/mol. The van der Waals surface area contributed by atoms with Crippen LogP contribution in [0.1, 0.15) is 38.3 Å². The summed E-state index contributed by atoms with van der Waals surface area (Å²) in [5.41, 5.74) is 1.56. The number of aromatic nitrogens is 3. The molecule has 5 rings (SSSR count). The average molecular weight is 610 g/mol. The second-order valence-corrected chi connectivity index (χ2v) is 13.8. The normalized spacial score (nSPS) is 17.6. The predicted octanol–water partition coefficient (Wildman–Crippen LogP) is 5.71. The molecule has 1 amide bonds. The number of rotatable bonds is 7. The number of ether oxygens (including phenoxy) is 1. The second kappa shape index (κ2) is 12.2. The lowest BCUT2D eigenvalue weighted by molar-refractivity contribution is 0.0124. The van der Waals surface area contributed by atoms with Crippen LogP contribution in [0.5, 0.6) is 0 Å². The summed E-state index contributed by atoms with van der Waals surface area (Å²) in [6.07, 6.45) is 1.48. The Balaban J connectivity index is 1.27. The van der Waals surface area contributed by atoms with Gasteiger partial charge in [-0.05, 0) is 44.0 Å². The maximum Gasteiger partial charge on any atom is 0.410 e. The van der Waals surface area contributed by atoms with Gasteiger partial charge in [0.05, 0.1) is 18.1 Å². The van der Waals surface area contributed by atoms with Crippen molar-refractivity contribution in [3.8, 4) is 11.1 Å². The molecule has 0 radical (unpaired) electrons. The van der Waals surface area contributed by atoms with Crippen molar-refractivity contribution in [3.63, 3.8) is 0 Å². The molecule has 2 aromatic carbocycles. The van der Waals surface area contributed by atoms with Crippen LogP contribution in [-0.4, -0.2) is 65.3 Å². The Labute approximate surface area is 249 Å². The quantitative estimate of drug-likeness (QED) is 0.284. The molecule has 2 atom stereocenters. The highest BCUT2D eigenvalue weighted by Gasteiger charge is 2.33. The first-order valence-corrected chi connectivity index (χ1v) is 15.7. The summed E-state index contributed by atoms with van der Waals surface area (Å²) < 4.78 is 60.2. The van der Waals surface area contributed by atoms with Gasteiger partial charge in [-0.1, -0.05) is 42.5 Å². The largest absolute Gasteiger partial charge is 0.444 e. The van der Waals surface area contributed by atoms with E-state index in [1.54, 1.807) is 75.6 Å². The number of amides is 1. The minimum Gasteiger partial charge on any atom is -0.444 e. The van der Waals surface area contributed by atoms with Crippen LogP contribution >= 0.6 is 0 Å². The van der Waals surface area contributed by atoms with E-state index in [1.165, 1.54) is 17.0 Å². The Morgan fingerprint density at radius 1 is 1.02 bits per heavy atom. The summed E-state index contributed by atoms with van der Waals surface area (Å²) in [4.78, 5) is 27.0. The van der Waals surface area contributed by atoms with Gasteiger partial charge in [-0.25, -0.2) is 32.0 Å². The van der Waals surface area contributed by atoms with E-state index in [4.69, 9.17) is 4.74 Å². The van der Waals surface area contributed by atoms with Crippen molar-refractivity contribution in [2.24, 2.45) is 0 Å². The molecule has 1 fully saturated rings. The molecule has 2 aromatic heterocycles. The first kappa shape index (κ1) is 30.3. The molecule has 4 aromatic rings. The number of alkyl halides is 1. The molecule has 43 heavy (non-hydrogen) atoms. The lowest BCUT2D eigenvalue weighted by atomic mass is 10.0. The Hall–Kier alpha value is -4.19. The molecule has 226 valence electrons. The number of hydrogen-bond donors (Lipinski definition) is 1. The summed E-state index contributed by atoms with van der Waals surface area (Å²) in [5, 5.41) is 3.69. The number of fused-ring (bicyclic) bond motifs is 1. The van der Waals surface area contributed by atoms with Crippen LogP contribution in [0.25, 0.3) is 22.2 Å². The minimum absolute atomic E-state index is 0.0406. The van der Waals surface area contributed by atoms with Gasteiger partial charge in [0.25, 0.3) is 0 Å². The lowest BCUT2D eigenvalue weighted by Crippen LogP contribution is -2.51. The molecule has 0 saturated carbocycles. The van der Waals surface area contributed by atoms with Crippen molar-refractivity contribution >= 4 is 32.9 Å². The number of carbonyl (C=O) groups is 1. The van der Waals surface area contributed by atoms with Gasteiger partial charge in [0.1, 0.15) is 17.6 Å². The molecular weight excluding hydrogens is 576 g/mol. The number of carbonyl (C=O) groups excluding carboxylic acids is 1. The van der Waals surface area contributed by atoms with Gasteiger partial charge in [0, 0.05) is 47.9 Å². The van der Waals surface area contributed by atoms with Crippen LogP contribution < -0.4 is 5.32 Å². The van der Waals surface area contributed by atoms with Crippen molar-refractivity contribution in [2.75, 3.05) is 18.4 Å². The smallest absolute Gasteiger partial charge is 0.410 e. The maximum absolute atomic E-state index is 15.0. The number of halogens is 2. The Bertz CT molecular complexity index is 1730. The van der Waals surface area contributed by atoms with Crippen LogP contribution in [-0.2, 0) is 26.1 Å². The number of nitrogens with zero attached hydrogens (tertiary/aromatic N) is 4. The number of anilines is 1. The molecule has 1 aliphatic heterocycles. The summed E-state index contributed by atoms with van der Waals surface area (Å²) in [6.45, 7) is 5.46. The highest BCUT2D eigenvalue weighted by molar-refractivity contribution is 7.89. The fourth-order valence-electron chi connectivity index (χ4n) is 4.91. The topological polar surface area (TPSA) is 114 Å². The van der Waals surface area contributed by atoms with E-state index in [-0.39, 0.29) is 36.8 Å². The van der Waals surface area contributed by atoms with Gasteiger partial charge in [0.2, 0.25) is 5.95 Å². The van der Waals surface area contributed by atoms with Crippen molar-refractivity contribution < 1.29 is 26.7 Å². The molecule has 9 nitrogen and oxygen atoms in total. The first-order valence-electron chi connectivity index (χ1n) is 13.9. The van der Waals surface area contributed by atoms with Gasteiger partial charge in [-0.3, -0.25) is 0 Å². The van der Waals surface area contributed by atoms with E-state index in [0.717, 1.165) is 0 Å². The van der Waals surface area contributed by atoms with Crippen LogP contribution in [0.3, 0.4) is 0 Å². The molecule has 0 aliphatic carbocycles. The van der Waals surface area contributed by atoms with Crippen LogP contribution in [0.15, 0.2) is 67.0 Å². The predicted molar refractivity (Wildman–Crippen MR) is 160 cm³/mol. The lowest BCUT2D eigenvalue weighted by Gasteiger charge is -2.36. The number of benzene rings is 2. The standard InChI is InChI=1S/C31H33F2N5O4S/c1-31(2,3)42-30(39)38-16-25(32)13-26(17-38)36-29-35-15-24-11-23(14-34-28(24)37-29)21-9-10-22(27(33)12-21)19-43(40,41)18-20-7-5-4-6-8-20/h4-12,14-15,25-26H,13,16-19H2,1-3H3,(H,34,35,36,37)/t25-,26-/m0/s1. The minimum atomic E-state index is -3.57. The van der Waals surface area contributed by atoms with Crippen LogP contribution in [0.2, 0.25) is 0 Å². The number of nitrogens with one attached hydrogen (secondary N) is 1. The fourth-order valence-corrected chi connectivity index (χ4v) is 6.42. The number of sulfone groups is 1. The van der Waals surface area contributed by atoms with Crippen molar-refractivity contribution in [2.45, 2.75) is 56.5 Å². The van der Waals surface area contributed by atoms with Crippen molar-refractivity contribution in [1.82, 2.24) is 19.9 Å². The highest BCUT2D eigenvalue weighted by Crippen LogP contribution is 2.26. The number of pyridine rings is 1. The third kappa shape index (κ3) is 8.01. The van der Waals surface area contributed by atoms with Crippen molar-refractivity contribution in [1.29, 1.82) is 0 Å². The highest BCUT2D eigenvalue weighted by atomic mass is 32.2. The first-order chi connectivity index (χ1) is 20.3. The van der Waals surface area contributed by atoms with Gasteiger partial charge >= 0.3 is 6.09 Å². The average Bonchev–Trinajstić information content (AvgIpc) is 2.93. The van der Waals surface area contributed by atoms with E-state index in [1.807, 2.05) is 0 Å². The molecule has 0 spiro atoms. The zero-order valence-electron chi connectivity index (χ0n) is 24.1. The van der Waals surface area contributed by atoms with E-state index < -0.39 is 45.3 Å². The molecule has 1 aliphatic rings. The molecule has 12 heteroatoms. The van der Waals surface area contributed by atoms with Crippen LogP contribution in [0.4, 0.5) is 19.5 Å². The Morgan fingerprint density at radius 3 is 2.51 bits per heavy atom. The van der Waals surface area contributed by atoms with E-state index >= 15 is 4.39 Å². The Morgan fingerprint density at radius 2 is 1.79 bits per heavy atom. The number of hydrogen-bond acceptors (Lipinski definition) is 8. The van der Waals surface area contributed by atoms with Gasteiger partial charge in [0.15, 0.2) is 15.5 Å². The Kier molecular flexibility index (Phi) is 8.59. The third-order valence-electron chi connectivity index (χ3n) is 6.81. The van der Waals surface area contributed by atoms with E-state index in [0.29, 0.717) is 27.7 Å². The summed E-state index contributed by atoms with van der Waals surface area (Å²) in [7, 11) is -3.57. The molecule has 1 saturated heterocycles. The van der Waals surface area contributed by atoms with E-state index in [9.17, 15) is 17.6 Å². The van der Waals surface area contributed by atoms with Gasteiger partial charge in [-0.2, -0.15) is 4.98 Å². The molecule has 0 bridgehead atoms. The van der Waals surface area contributed by atoms with Gasteiger partial charge < -0.3 is 15.0 Å². The zero-order valence-corrected chi connectivity index (χ0v) is 24.9. The zero-order chi connectivity index (χ0) is 30.8. The van der Waals surface area contributed by atoms with Crippen LogP contribution in [0, 0.1) is 5.82 Å². The van der Waals surface area contributed by atoms with Crippen molar-refractivity contribution in [3.05, 3.63) is 83.9 Å². The third-order valence-corrected chi connectivity index (χ3v) is 8.33.